The summed E-state index contributed by atoms with van der Waals surface area (Å²) in [6.45, 7) is 0.397. The first-order valence-corrected chi connectivity index (χ1v) is 3.27. The van der Waals surface area contributed by atoms with Crippen LogP contribution in [-0.2, 0) is 4.79 Å². The molecule has 0 radical (unpaired) electrons. The fourth-order valence-corrected chi connectivity index (χ4v) is 0.622. The lowest BCUT2D eigenvalue weighted by molar-refractivity contribution is -0.145. The van der Waals surface area contributed by atoms with E-state index in [1.165, 1.54) is 0 Å². The number of nitrogens with one attached hydrogen (secondary N) is 1. The first-order valence-electron chi connectivity index (χ1n) is 3.27. The van der Waals surface area contributed by atoms with E-state index in [0.717, 1.165) is 0 Å². The Balaban J connectivity index is 3.99. The van der Waals surface area contributed by atoms with Crippen LogP contribution in [0, 0.1) is 0 Å². The molecule has 0 bridgehead atoms. The van der Waals surface area contributed by atoms with Crippen LogP contribution in [0.3, 0.4) is 0 Å². The number of hydrogen-bond acceptors (Lipinski definition) is 5. The van der Waals surface area contributed by atoms with Crippen molar-refractivity contribution in [2.75, 3.05) is 6.54 Å². The molecule has 66 valence electrons. The highest BCUT2D eigenvalue weighted by Crippen LogP contribution is 2.03. The maximum Gasteiger partial charge on any atom is 0.339 e. The summed E-state index contributed by atoms with van der Waals surface area (Å²) in [5.41, 5.74) is 11.0. The van der Waals surface area contributed by atoms with E-state index in [0.29, 0.717) is 13.0 Å². The molecule has 0 aliphatic heterocycles. The predicted octanol–water partition coefficient (Wildman–Crippen LogP) is -2.07. The largest absolute Gasteiger partial charge is 0.479 e. The van der Waals surface area contributed by atoms with Gasteiger partial charge in [-0.1, -0.05) is 0 Å². The number of rotatable bonds is 5. The van der Waals surface area contributed by atoms with Gasteiger partial charge < -0.3 is 16.6 Å². The van der Waals surface area contributed by atoms with Crippen LogP contribution in [0.5, 0.6) is 0 Å². The van der Waals surface area contributed by atoms with Crippen molar-refractivity contribution < 1.29 is 9.90 Å². The molecule has 0 unspecified atom stereocenters. The number of aliphatic carboxylic acids is 1. The highest BCUT2D eigenvalue weighted by Gasteiger charge is 2.31. The lowest BCUT2D eigenvalue weighted by Crippen LogP contribution is -2.62. The fraction of sp³-hybridized carbons (Fsp3) is 0.800. The van der Waals surface area contributed by atoms with Crippen molar-refractivity contribution in [2.24, 2.45) is 17.3 Å². The number of hydrogen-bond donors (Lipinski definition) is 5. The molecular weight excluding hydrogens is 148 g/mol. The topological polar surface area (TPSA) is 127 Å². The Labute approximate surface area is 64.7 Å². The van der Waals surface area contributed by atoms with E-state index in [4.69, 9.17) is 22.4 Å². The van der Waals surface area contributed by atoms with Gasteiger partial charge >= 0.3 is 5.97 Å². The molecule has 0 heterocycles. The van der Waals surface area contributed by atoms with Crippen LogP contribution in [-0.4, -0.2) is 23.3 Å². The van der Waals surface area contributed by atoms with Crippen molar-refractivity contribution in [1.82, 2.24) is 5.43 Å². The summed E-state index contributed by atoms with van der Waals surface area (Å²) < 4.78 is 0. The van der Waals surface area contributed by atoms with E-state index in [-0.39, 0.29) is 6.42 Å². The highest BCUT2D eigenvalue weighted by molar-refractivity contribution is 5.77. The van der Waals surface area contributed by atoms with Crippen molar-refractivity contribution in [3.63, 3.8) is 0 Å². The average molecular weight is 162 g/mol. The minimum atomic E-state index is -1.54. The summed E-state index contributed by atoms with van der Waals surface area (Å²) in [5, 5.41) is 8.55. The van der Waals surface area contributed by atoms with E-state index in [2.05, 4.69) is 0 Å². The van der Waals surface area contributed by atoms with Crippen LogP contribution in [0.1, 0.15) is 12.8 Å². The third kappa shape index (κ3) is 2.81. The van der Waals surface area contributed by atoms with Crippen molar-refractivity contribution in [3.05, 3.63) is 0 Å². The SMILES string of the molecule is NCCC[C@@](N)(NN)C(=O)O. The molecule has 0 saturated heterocycles. The van der Waals surface area contributed by atoms with Crippen LogP contribution in [0.4, 0.5) is 0 Å². The van der Waals surface area contributed by atoms with E-state index >= 15 is 0 Å². The van der Waals surface area contributed by atoms with Crippen LogP contribution < -0.4 is 22.7 Å². The van der Waals surface area contributed by atoms with Gasteiger partial charge in [-0.15, -0.1) is 0 Å². The average Bonchev–Trinajstić information content (AvgIpc) is 2.00. The molecule has 0 aromatic rings. The molecule has 0 amide bonds. The van der Waals surface area contributed by atoms with E-state index in [1.54, 1.807) is 0 Å². The number of carboxylic acids is 1. The van der Waals surface area contributed by atoms with Gasteiger partial charge in [-0.2, -0.15) is 0 Å². The zero-order valence-electron chi connectivity index (χ0n) is 6.21. The molecule has 6 heteroatoms. The Bertz CT molecular complexity index is 140. The molecule has 0 aliphatic carbocycles. The van der Waals surface area contributed by atoms with Crippen LogP contribution in [0.25, 0.3) is 0 Å². The van der Waals surface area contributed by atoms with Gasteiger partial charge in [0.15, 0.2) is 5.66 Å². The van der Waals surface area contributed by atoms with Crippen molar-refractivity contribution >= 4 is 5.97 Å². The van der Waals surface area contributed by atoms with Crippen LogP contribution >= 0.6 is 0 Å². The zero-order chi connectivity index (χ0) is 8.91. The quantitative estimate of drug-likeness (QED) is 0.179. The van der Waals surface area contributed by atoms with Gasteiger partial charge in [-0.3, -0.25) is 5.84 Å². The minimum absolute atomic E-state index is 0.218. The summed E-state index contributed by atoms with van der Waals surface area (Å²) in [5.74, 6) is 3.78. The molecule has 0 aromatic carbocycles. The molecule has 0 saturated carbocycles. The second-order valence-corrected chi connectivity index (χ2v) is 2.31. The molecule has 6 nitrogen and oxygen atoms in total. The fourth-order valence-electron chi connectivity index (χ4n) is 0.622. The molecule has 0 aliphatic rings. The normalized spacial score (nSPS) is 15.9. The predicted molar refractivity (Wildman–Crippen MR) is 40.2 cm³/mol. The summed E-state index contributed by atoms with van der Waals surface area (Å²) in [4.78, 5) is 10.4. The van der Waals surface area contributed by atoms with Crippen LogP contribution in [0.2, 0.25) is 0 Å². The smallest absolute Gasteiger partial charge is 0.339 e. The van der Waals surface area contributed by atoms with Gasteiger partial charge in [0, 0.05) is 0 Å². The molecule has 0 fully saturated rings. The molecule has 1 atom stereocenters. The first kappa shape index (κ1) is 10.3. The van der Waals surface area contributed by atoms with Crippen molar-refractivity contribution in [1.29, 1.82) is 0 Å². The van der Waals surface area contributed by atoms with Gasteiger partial charge in [-0.05, 0) is 19.4 Å². The Morgan fingerprint density at radius 2 is 2.18 bits per heavy atom. The van der Waals surface area contributed by atoms with E-state index < -0.39 is 11.6 Å². The third-order valence-electron chi connectivity index (χ3n) is 1.41. The summed E-state index contributed by atoms with van der Waals surface area (Å²) in [6, 6.07) is 0. The third-order valence-corrected chi connectivity index (χ3v) is 1.41. The van der Waals surface area contributed by atoms with Gasteiger partial charge in [0.05, 0.1) is 0 Å². The second-order valence-electron chi connectivity index (χ2n) is 2.31. The van der Waals surface area contributed by atoms with Gasteiger partial charge in [0.1, 0.15) is 0 Å². The Morgan fingerprint density at radius 1 is 1.64 bits per heavy atom. The molecular formula is C5H14N4O2. The van der Waals surface area contributed by atoms with Gasteiger partial charge in [0.25, 0.3) is 0 Å². The molecule has 0 rings (SSSR count). The van der Waals surface area contributed by atoms with E-state index in [1.807, 2.05) is 5.43 Å². The summed E-state index contributed by atoms with van der Waals surface area (Å²) in [6.07, 6.45) is 0.738. The molecule has 0 spiro atoms. The summed E-state index contributed by atoms with van der Waals surface area (Å²) in [7, 11) is 0. The maximum atomic E-state index is 10.4. The zero-order valence-corrected chi connectivity index (χ0v) is 6.21. The molecule has 0 aromatic heterocycles. The Kier molecular flexibility index (Phi) is 3.98. The Hall–Kier alpha value is -0.690. The lowest BCUT2D eigenvalue weighted by atomic mass is 10.1. The van der Waals surface area contributed by atoms with Crippen molar-refractivity contribution in [3.8, 4) is 0 Å². The second kappa shape index (κ2) is 4.24. The standard InChI is InChI=1S/C5H14N4O2/c6-3-1-2-5(7,9-8)4(10)11/h9H,1-3,6-8H2,(H,10,11)/t5-/m1/s1. The number of nitrogens with two attached hydrogens (primary N) is 3. The lowest BCUT2D eigenvalue weighted by Gasteiger charge is -2.22. The van der Waals surface area contributed by atoms with E-state index in [9.17, 15) is 4.79 Å². The maximum absolute atomic E-state index is 10.4. The minimum Gasteiger partial charge on any atom is -0.479 e. The summed E-state index contributed by atoms with van der Waals surface area (Å²) >= 11 is 0. The van der Waals surface area contributed by atoms with Gasteiger partial charge in [0.2, 0.25) is 0 Å². The molecule has 8 N–H and O–H groups in total. The number of carboxylic acid groups (broad SMARTS) is 1. The highest BCUT2D eigenvalue weighted by atomic mass is 16.4. The number of hydrazine groups is 1. The monoisotopic (exact) mass is 162 g/mol. The number of carbonyl (C=O) groups is 1. The van der Waals surface area contributed by atoms with Crippen molar-refractivity contribution in [2.45, 2.75) is 18.5 Å². The van der Waals surface area contributed by atoms with Gasteiger partial charge in [-0.25, -0.2) is 10.2 Å². The first-order chi connectivity index (χ1) is 5.06. The Morgan fingerprint density at radius 3 is 2.45 bits per heavy atom. The van der Waals surface area contributed by atoms with Crippen LogP contribution in [0.15, 0.2) is 0 Å². The molecule has 11 heavy (non-hydrogen) atoms.